The van der Waals surface area contributed by atoms with Crippen molar-refractivity contribution in [2.24, 2.45) is 0 Å². The Morgan fingerprint density at radius 3 is 2.52 bits per heavy atom. The number of rotatable bonds is 6. The minimum atomic E-state index is -0.328. The maximum atomic E-state index is 12.9. The lowest BCUT2D eigenvalue weighted by Crippen LogP contribution is -2.28. The van der Waals surface area contributed by atoms with Crippen LogP contribution in [-0.2, 0) is 11.3 Å². The minimum Gasteiger partial charge on any atom is -0.497 e. The summed E-state index contributed by atoms with van der Waals surface area (Å²) in [6.07, 6.45) is 3.21. The number of fused-ring (bicyclic) bond motifs is 1. The average molecular weight is 418 g/mol. The topological polar surface area (TPSA) is 86.9 Å². The van der Waals surface area contributed by atoms with Crippen molar-refractivity contribution in [1.82, 2.24) is 14.2 Å². The number of nitrogens with one attached hydrogen (secondary N) is 1. The summed E-state index contributed by atoms with van der Waals surface area (Å²) in [5, 5.41) is 7.28. The van der Waals surface area contributed by atoms with Crippen LogP contribution < -0.4 is 20.3 Å². The van der Waals surface area contributed by atoms with Crippen LogP contribution in [0.25, 0.3) is 16.8 Å². The van der Waals surface area contributed by atoms with E-state index in [1.807, 2.05) is 43.3 Å². The molecule has 0 saturated heterocycles. The normalized spacial score (nSPS) is 10.8. The highest BCUT2D eigenvalue weighted by atomic mass is 16.5. The number of hydrogen-bond acceptors (Lipinski definition) is 5. The number of benzene rings is 2. The van der Waals surface area contributed by atoms with Gasteiger partial charge in [-0.05, 0) is 55.0 Å². The van der Waals surface area contributed by atoms with E-state index in [2.05, 4.69) is 10.4 Å². The molecule has 0 aliphatic rings. The predicted molar refractivity (Wildman–Crippen MR) is 118 cm³/mol. The summed E-state index contributed by atoms with van der Waals surface area (Å²) in [4.78, 5) is 25.5. The van der Waals surface area contributed by atoms with E-state index in [-0.39, 0.29) is 18.0 Å². The van der Waals surface area contributed by atoms with E-state index in [0.29, 0.717) is 22.6 Å². The number of amides is 1. The van der Waals surface area contributed by atoms with Gasteiger partial charge in [0.25, 0.3) is 5.56 Å². The summed E-state index contributed by atoms with van der Waals surface area (Å²) in [6.45, 7) is 1.79. The summed E-state index contributed by atoms with van der Waals surface area (Å²) in [6, 6.07) is 14.6. The smallest absolute Gasteiger partial charge is 0.277 e. The predicted octanol–water partition coefficient (Wildman–Crippen LogP) is 3.13. The van der Waals surface area contributed by atoms with Gasteiger partial charge in [0.2, 0.25) is 5.91 Å². The van der Waals surface area contributed by atoms with Crippen LogP contribution in [0, 0.1) is 6.92 Å². The van der Waals surface area contributed by atoms with Gasteiger partial charge in [0.1, 0.15) is 23.6 Å². The Balaban J connectivity index is 1.58. The molecule has 0 unspecified atom stereocenters. The van der Waals surface area contributed by atoms with Crippen molar-refractivity contribution in [2.75, 3.05) is 19.5 Å². The Bertz CT molecular complexity index is 1310. The zero-order chi connectivity index (χ0) is 22.0. The first-order chi connectivity index (χ1) is 15.0. The standard InChI is InChI=1S/C23H22N4O4/c1-15-4-9-21(31-3)19(12-15)24-22(28)14-26-10-11-27-20(23(26)29)13-18(25-27)16-5-7-17(30-2)8-6-16/h4-13H,14H2,1-3H3,(H,24,28). The van der Waals surface area contributed by atoms with Gasteiger partial charge >= 0.3 is 0 Å². The van der Waals surface area contributed by atoms with E-state index in [0.717, 1.165) is 16.9 Å². The van der Waals surface area contributed by atoms with Crippen LogP contribution in [0.2, 0.25) is 0 Å². The van der Waals surface area contributed by atoms with Gasteiger partial charge in [0.05, 0.1) is 25.6 Å². The quantitative estimate of drug-likeness (QED) is 0.520. The van der Waals surface area contributed by atoms with Crippen molar-refractivity contribution >= 4 is 17.1 Å². The van der Waals surface area contributed by atoms with Crippen molar-refractivity contribution in [1.29, 1.82) is 0 Å². The third-order valence-corrected chi connectivity index (χ3v) is 4.93. The number of nitrogens with zero attached hydrogens (tertiary/aromatic N) is 3. The van der Waals surface area contributed by atoms with Gasteiger partial charge in [0, 0.05) is 18.0 Å². The second-order valence-corrected chi connectivity index (χ2v) is 7.07. The lowest BCUT2D eigenvalue weighted by molar-refractivity contribution is -0.116. The highest BCUT2D eigenvalue weighted by Gasteiger charge is 2.13. The van der Waals surface area contributed by atoms with Gasteiger partial charge in [-0.25, -0.2) is 4.52 Å². The molecule has 2 aromatic heterocycles. The lowest BCUT2D eigenvalue weighted by Gasteiger charge is -2.12. The fourth-order valence-corrected chi connectivity index (χ4v) is 3.32. The molecular weight excluding hydrogens is 396 g/mol. The maximum Gasteiger partial charge on any atom is 0.277 e. The monoisotopic (exact) mass is 418 g/mol. The zero-order valence-corrected chi connectivity index (χ0v) is 17.5. The van der Waals surface area contributed by atoms with E-state index in [9.17, 15) is 9.59 Å². The lowest BCUT2D eigenvalue weighted by atomic mass is 10.1. The fourth-order valence-electron chi connectivity index (χ4n) is 3.32. The van der Waals surface area contributed by atoms with Crippen LogP contribution >= 0.6 is 0 Å². The highest BCUT2D eigenvalue weighted by molar-refractivity contribution is 5.92. The Labute approximate surface area is 178 Å². The number of anilines is 1. The molecule has 0 atom stereocenters. The van der Waals surface area contributed by atoms with Crippen LogP contribution in [0.3, 0.4) is 0 Å². The van der Waals surface area contributed by atoms with E-state index in [1.54, 1.807) is 38.7 Å². The summed E-state index contributed by atoms with van der Waals surface area (Å²) in [5.74, 6) is 0.970. The molecular formula is C23H22N4O4. The number of aromatic nitrogens is 3. The first-order valence-corrected chi connectivity index (χ1v) is 9.66. The Hall–Kier alpha value is -4.07. The second-order valence-electron chi connectivity index (χ2n) is 7.07. The van der Waals surface area contributed by atoms with Crippen molar-refractivity contribution < 1.29 is 14.3 Å². The van der Waals surface area contributed by atoms with Gasteiger partial charge in [-0.3, -0.25) is 9.59 Å². The zero-order valence-electron chi connectivity index (χ0n) is 17.5. The Kier molecular flexibility index (Phi) is 5.44. The van der Waals surface area contributed by atoms with E-state index in [1.165, 1.54) is 9.08 Å². The van der Waals surface area contributed by atoms with Crippen molar-refractivity contribution in [3.05, 3.63) is 76.8 Å². The molecule has 0 saturated carbocycles. The SMILES string of the molecule is COc1ccc(-c2cc3c(=O)n(CC(=O)Nc4cc(C)ccc4OC)ccn3n2)cc1. The summed E-state index contributed by atoms with van der Waals surface area (Å²) >= 11 is 0. The molecule has 0 radical (unpaired) electrons. The molecule has 0 bridgehead atoms. The summed E-state index contributed by atoms with van der Waals surface area (Å²) in [7, 11) is 3.15. The summed E-state index contributed by atoms with van der Waals surface area (Å²) < 4.78 is 13.3. The van der Waals surface area contributed by atoms with Crippen molar-refractivity contribution in [2.45, 2.75) is 13.5 Å². The molecule has 0 aliphatic heterocycles. The third-order valence-electron chi connectivity index (χ3n) is 4.93. The van der Waals surface area contributed by atoms with Gasteiger partial charge in [-0.15, -0.1) is 0 Å². The molecule has 4 rings (SSSR count). The number of aryl methyl sites for hydroxylation is 1. The molecule has 0 fully saturated rings. The van der Waals surface area contributed by atoms with Crippen molar-refractivity contribution in [3.63, 3.8) is 0 Å². The molecule has 158 valence electrons. The first kappa shape index (κ1) is 20.2. The molecule has 8 heteroatoms. The number of carbonyl (C=O) groups is 1. The minimum absolute atomic E-state index is 0.129. The van der Waals surface area contributed by atoms with E-state index in [4.69, 9.17) is 9.47 Å². The van der Waals surface area contributed by atoms with Crippen LogP contribution in [0.1, 0.15) is 5.56 Å². The summed E-state index contributed by atoms with van der Waals surface area (Å²) in [5.41, 5.74) is 3.15. The molecule has 1 N–H and O–H groups in total. The van der Waals surface area contributed by atoms with Gasteiger partial charge in [0.15, 0.2) is 0 Å². The number of carbonyl (C=O) groups excluding carboxylic acids is 1. The third kappa shape index (κ3) is 4.13. The Morgan fingerprint density at radius 1 is 1.03 bits per heavy atom. The van der Waals surface area contributed by atoms with Crippen LogP contribution in [-0.4, -0.2) is 34.3 Å². The molecule has 4 aromatic rings. The van der Waals surface area contributed by atoms with Gasteiger partial charge in [-0.1, -0.05) is 6.07 Å². The van der Waals surface area contributed by atoms with E-state index >= 15 is 0 Å². The van der Waals surface area contributed by atoms with Crippen molar-refractivity contribution in [3.8, 4) is 22.8 Å². The number of hydrogen-bond donors (Lipinski definition) is 1. The molecule has 1 amide bonds. The fraction of sp³-hybridized carbons (Fsp3) is 0.174. The maximum absolute atomic E-state index is 12.9. The molecule has 0 aliphatic carbocycles. The van der Waals surface area contributed by atoms with Crippen LogP contribution in [0.5, 0.6) is 11.5 Å². The van der Waals surface area contributed by atoms with Crippen LogP contribution in [0.15, 0.2) is 65.7 Å². The molecule has 2 aromatic carbocycles. The van der Waals surface area contributed by atoms with Crippen LogP contribution in [0.4, 0.5) is 5.69 Å². The number of methoxy groups -OCH3 is 2. The highest BCUT2D eigenvalue weighted by Crippen LogP contribution is 2.25. The second kappa shape index (κ2) is 8.35. The van der Waals surface area contributed by atoms with Gasteiger partial charge < -0.3 is 19.4 Å². The Morgan fingerprint density at radius 2 is 1.81 bits per heavy atom. The first-order valence-electron chi connectivity index (χ1n) is 9.66. The number of ether oxygens (including phenoxy) is 2. The largest absolute Gasteiger partial charge is 0.497 e. The molecule has 8 nitrogen and oxygen atoms in total. The average Bonchev–Trinajstić information content (AvgIpc) is 3.21. The molecule has 31 heavy (non-hydrogen) atoms. The molecule has 2 heterocycles. The van der Waals surface area contributed by atoms with E-state index < -0.39 is 0 Å². The van der Waals surface area contributed by atoms with Gasteiger partial charge in [-0.2, -0.15) is 5.10 Å². The molecule has 0 spiro atoms.